The molecule has 0 bridgehead atoms. The molecule has 0 atom stereocenters. The Morgan fingerprint density at radius 3 is 3.00 bits per heavy atom. The van der Waals surface area contributed by atoms with E-state index in [-0.39, 0.29) is 5.91 Å². The van der Waals surface area contributed by atoms with Gasteiger partial charge in [0.1, 0.15) is 0 Å². The fraction of sp³-hybridized carbons (Fsp3) is 0.133. The molecule has 0 radical (unpaired) electrons. The topological polar surface area (TPSA) is 71.6 Å². The summed E-state index contributed by atoms with van der Waals surface area (Å²) < 4.78 is 0. The first kappa shape index (κ1) is 12.3. The zero-order valence-electron chi connectivity index (χ0n) is 10.9. The molecular formula is C15H14N4O. The van der Waals surface area contributed by atoms with Crippen LogP contribution in [0.25, 0.3) is 0 Å². The van der Waals surface area contributed by atoms with Gasteiger partial charge >= 0.3 is 0 Å². The second-order valence-electron chi connectivity index (χ2n) is 4.55. The SMILES string of the molecule is Nc1ccc2c(c1)C=NCCN2C(=O)c1cccnc1. The number of benzodiazepines with no additional fused rings is 1. The smallest absolute Gasteiger partial charge is 0.259 e. The van der Waals surface area contributed by atoms with E-state index in [1.165, 1.54) is 0 Å². The molecule has 0 fully saturated rings. The predicted octanol–water partition coefficient (Wildman–Crippen LogP) is 1.74. The van der Waals surface area contributed by atoms with Crippen molar-refractivity contribution in [1.29, 1.82) is 0 Å². The van der Waals surface area contributed by atoms with Crippen LogP contribution < -0.4 is 10.6 Å². The Bertz CT molecular complexity index is 667. The summed E-state index contributed by atoms with van der Waals surface area (Å²) in [5.74, 6) is -0.0744. The Kier molecular flexibility index (Phi) is 3.16. The monoisotopic (exact) mass is 266 g/mol. The van der Waals surface area contributed by atoms with Gasteiger partial charge in [0.05, 0.1) is 17.8 Å². The lowest BCUT2D eigenvalue weighted by Gasteiger charge is -2.22. The highest BCUT2D eigenvalue weighted by Crippen LogP contribution is 2.25. The zero-order valence-corrected chi connectivity index (χ0v) is 10.9. The summed E-state index contributed by atoms with van der Waals surface area (Å²) in [6, 6.07) is 9.00. The highest BCUT2D eigenvalue weighted by Gasteiger charge is 2.21. The van der Waals surface area contributed by atoms with Crippen molar-refractivity contribution in [1.82, 2.24) is 4.98 Å². The van der Waals surface area contributed by atoms with Gasteiger partial charge in [-0.25, -0.2) is 0 Å². The third-order valence-electron chi connectivity index (χ3n) is 3.18. The van der Waals surface area contributed by atoms with Gasteiger partial charge < -0.3 is 10.6 Å². The summed E-state index contributed by atoms with van der Waals surface area (Å²) in [5.41, 5.74) is 8.70. The van der Waals surface area contributed by atoms with Crippen molar-refractivity contribution in [3.05, 3.63) is 53.9 Å². The van der Waals surface area contributed by atoms with E-state index in [0.717, 1.165) is 11.3 Å². The first-order valence-corrected chi connectivity index (χ1v) is 6.37. The van der Waals surface area contributed by atoms with E-state index in [0.29, 0.717) is 24.3 Å². The van der Waals surface area contributed by atoms with Crippen LogP contribution in [0.3, 0.4) is 0 Å². The van der Waals surface area contributed by atoms with Gasteiger partial charge in [-0.3, -0.25) is 14.8 Å². The van der Waals surface area contributed by atoms with Crippen LogP contribution in [-0.4, -0.2) is 30.2 Å². The van der Waals surface area contributed by atoms with Crippen LogP contribution in [0.5, 0.6) is 0 Å². The van der Waals surface area contributed by atoms with Crippen LogP contribution in [0.1, 0.15) is 15.9 Å². The van der Waals surface area contributed by atoms with Crippen LogP contribution in [0.2, 0.25) is 0 Å². The van der Waals surface area contributed by atoms with Gasteiger partial charge in [-0.2, -0.15) is 0 Å². The van der Waals surface area contributed by atoms with Crippen molar-refractivity contribution in [3.63, 3.8) is 0 Å². The average molecular weight is 266 g/mol. The minimum absolute atomic E-state index is 0.0744. The molecule has 1 aliphatic heterocycles. The number of aromatic nitrogens is 1. The first-order valence-electron chi connectivity index (χ1n) is 6.37. The maximum Gasteiger partial charge on any atom is 0.259 e. The summed E-state index contributed by atoms with van der Waals surface area (Å²) in [6.45, 7) is 1.11. The molecule has 2 aromatic rings. The number of nitrogens with two attached hydrogens (primary N) is 1. The number of anilines is 2. The summed E-state index contributed by atoms with van der Waals surface area (Å²) in [6.07, 6.45) is 4.99. The van der Waals surface area contributed by atoms with Gasteiger partial charge in [-0.1, -0.05) is 0 Å². The number of fused-ring (bicyclic) bond motifs is 1. The maximum atomic E-state index is 12.6. The van der Waals surface area contributed by atoms with Crippen molar-refractivity contribution < 1.29 is 4.79 Å². The van der Waals surface area contributed by atoms with Crippen LogP contribution in [-0.2, 0) is 0 Å². The molecule has 0 spiro atoms. The highest BCUT2D eigenvalue weighted by molar-refractivity contribution is 6.08. The number of carbonyl (C=O) groups is 1. The molecule has 20 heavy (non-hydrogen) atoms. The molecule has 0 saturated heterocycles. The minimum atomic E-state index is -0.0744. The third kappa shape index (κ3) is 2.25. The molecule has 5 heteroatoms. The Morgan fingerprint density at radius 2 is 2.20 bits per heavy atom. The Labute approximate surface area is 116 Å². The largest absolute Gasteiger partial charge is 0.399 e. The van der Waals surface area contributed by atoms with Crippen molar-refractivity contribution in [2.75, 3.05) is 23.7 Å². The minimum Gasteiger partial charge on any atom is -0.399 e. The van der Waals surface area contributed by atoms with Gasteiger partial charge in [0.15, 0.2) is 0 Å². The fourth-order valence-corrected chi connectivity index (χ4v) is 2.22. The van der Waals surface area contributed by atoms with Crippen LogP contribution in [0.4, 0.5) is 11.4 Å². The number of hydrogen-bond acceptors (Lipinski definition) is 4. The highest BCUT2D eigenvalue weighted by atomic mass is 16.2. The van der Waals surface area contributed by atoms with Crippen LogP contribution in [0, 0.1) is 0 Å². The molecule has 1 aromatic carbocycles. The lowest BCUT2D eigenvalue weighted by Crippen LogP contribution is -2.33. The van der Waals surface area contributed by atoms with Gasteiger partial charge in [0, 0.05) is 36.4 Å². The quantitative estimate of drug-likeness (QED) is 0.799. The molecule has 0 unspecified atom stereocenters. The number of nitrogens with zero attached hydrogens (tertiary/aromatic N) is 3. The number of amides is 1. The van der Waals surface area contributed by atoms with E-state index in [1.807, 2.05) is 12.1 Å². The maximum absolute atomic E-state index is 12.6. The number of benzene rings is 1. The molecule has 100 valence electrons. The van der Waals surface area contributed by atoms with E-state index in [2.05, 4.69) is 9.98 Å². The zero-order chi connectivity index (χ0) is 13.9. The molecule has 5 nitrogen and oxygen atoms in total. The predicted molar refractivity (Wildman–Crippen MR) is 79.2 cm³/mol. The average Bonchev–Trinajstić information content (AvgIpc) is 2.69. The Morgan fingerprint density at radius 1 is 1.30 bits per heavy atom. The molecule has 2 N–H and O–H groups in total. The molecule has 3 rings (SSSR count). The summed E-state index contributed by atoms with van der Waals surface area (Å²) in [7, 11) is 0. The Balaban J connectivity index is 2.02. The number of rotatable bonds is 1. The molecule has 1 amide bonds. The van der Waals surface area contributed by atoms with E-state index in [9.17, 15) is 4.79 Å². The summed E-state index contributed by atoms with van der Waals surface area (Å²) in [5, 5.41) is 0. The van der Waals surface area contributed by atoms with Crippen molar-refractivity contribution in [2.24, 2.45) is 4.99 Å². The normalized spacial score (nSPS) is 13.7. The molecule has 0 aliphatic carbocycles. The number of pyridine rings is 1. The molecular weight excluding hydrogens is 252 g/mol. The summed E-state index contributed by atoms with van der Waals surface area (Å²) in [4.78, 5) is 22.6. The lowest BCUT2D eigenvalue weighted by molar-refractivity contribution is 0.0987. The van der Waals surface area contributed by atoms with Gasteiger partial charge in [0.2, 0.25) is 0 Å². The van der Waals surface area contributed by atoms with Crippen LogP contribution >= 0.6 is 0 Å². The second kappa shape index (κ2) is 5.13. The van der Waals surface area contributed by atoms with Crippen molar-refractivity contribution in [3.8, 4) is 0 Å². The lowest BCUT2D eigenvalue weighted by atomic mass is 10.1. The van der Waals surface area contributed by atoms with Gasteiger partial charge in [-0.15, -0.1) is 0 Å². The van der Waals surface area contributed by atoms with Crippen LogP contribution in [0.15, 0.2) is 47.7 Å². The molecule has 1 aliphatic rings. The van der Waals surface area contributed by atoms with Gasteiger partial charge in [0.25, 0.3) is 5.91 Å². The van der Waals surface area contributed by atoms with E-state index < -0.39 is 0 Å². The fourth-order valence-electron chi connectivity index (χ4n) is 2.22. The van der Waals surface area contributed by atoms with Gasteiger partial charge in [-0.05, 0) is 30.3 Å². The van der Waals surface area contributed by atoms with E-state index >= 15 is 0 Å². The Hall–Kier alpha value is -2.69. The molecule has 1 aromatic heterocycles. The second-order valence-corrected chi connectivity index (χ2v) is 4.55. The third-order valence-corrected chi connectivity index (χ3v) is 3.18. The first-order chi connectivity index (χ1) is 9.75. The van der Waals surface area contributed by atoms with E-state index in [1.54, 1.807) is 41.7 Å². The van der Waals surface area contributed by atoms with Crippen molar-refractivity contribution in [2.45, 2.75) is 0 Å². The number of nitrogen functional groups attached to an aromatic ring is 1. The number of aliphatic imine (C=N–C) groups is 1. The molecule has 2 heterocycles. The van der Waals surface area contributed by atoms with Crippen molar-refractivity contribution >= 4 is 23.5 Å². The summed E-state index contributed by atoms with van der Waals surface area (Å²) >= 11 is 0. The number of carbonyl (C=O) groups excluding carboxylic acids is 1. The standard InChI is InChI=1S/C15H14N4O/c16-13-3-4-14-12(8-13)10-18-6-7-19(14)15(20)11-2-1-5-17-9-11/h1-5,8-10H,6-7,16H2. The number of hydrogen-bond donors (Lipinski definition) is 1. The molecule has 0 saturated carbocycles. The van der Waals surface area contributed by atoms with E-state index in [4.69, 9.17) is 5.73 Å².